The molecule has 0 aliphatic rings. The van der Waals surface area contributed by atoms with Gasteiger partial charge in [-0.25, -0.2) is 4.98 Å². The van der Waals surface area contributed by atoms with Gasteiger partial charge in [0.15, 0.2) is 11.6 Å². The van der Waals surface area contributed by atoms with Crippen molar-refractivity contribution in [1.29, 1.82) is 0 Å². The van der Waals surface area contributed by atoms with E-state index in [0.29, 0.717) is 29.8 Å². The van der Waals surface area contributed by atoms with Crippen LogP contribution in [0.4, 0.5) is 17.5 Å². The van der Waals surface area contributed by atoms with Crippen molar-refractivity contribution in [2.75, 3.05) is 10.6 Å². The molecule has 0 saturated carbocycles. The number of benzene rings is 1. The number of allylic oxidation sites excluding steroid dienone is 2. The summed E-state index contributed by atoms with van der Waals surface area (Å²) in [6.07, 6.45) is 7.04. The largest absolute Gasteiger partial charge is 0.365 e. The summed E-state index contributed by atoms with van der Waals surface area (Å²) < 4.78 is 1.90. The average molecular weight is 408 g/mol. The number of ketones is 1. The summed E-state index contributed by atoms with van der Waals surface area (Å²) in [6.45, 7) is 9.85. The van der Waals surface area contributed by atoms with Crippen LogP contribution in [0.5, 0.6) is 0 Å². The molecule has 3 rings (SSSR count). The molecule has 0 amide bonds. The molecule has 0 aliphatic carbocycles. The number of carbonyl (C=O) groups excluding carboxylic acids is 1. The van der Waals surface area contributed by atoms with Crippen molar-refractivity contribution in [3.05, 3.63) is 84.3 Å². The van der Waals surface area contributed by atoms with E-state index in [1.165, 1.54) is 6.08 Å². The Morgan fingerprint density at radius 1 is 1.31 bits per heavy atom. The Balaban J connectivity index is 1.68. The third-order valence-corrected chi connectivity index (χ3v) is 4.47. The van der Waals surface area contributed by atoms with Gasteiger partial charge in [0, 0.05) is 31.1 Å². The van der Waals surface area contributed by atoms with E-state index in [4.69, 9.17) is 11.6 Å². The monoisotopic (exact) mass is 407 g/mol. The molecule has 2 aromatic heterocycles. The fourth-order valence-electron chi connectivity index (χ4n) is 2.70. The van der Waals surface area contributed by atoms with Gasteiger partial charge in [-0.1, -0.05) is 49.0 Å². The average Bonchev–Trinajstić information content (AvgIpc) is 3.17. The fraction of sp³-hybridized carbons (Fsp3) is 0.136. The second kappa shape index (κ2) is 9.21. The predicted octanol–water partition coefficient (Wildman–Crippen LogP) is 5.08. The van der Waals surface area contributed by atoms with Gasteiger partial charge in [-0.3, -0.25) is 4.79 Å². The maximum absolute atomic E-state index is 11.6. The number of carbonyl (C=O) groups is 1. The van der Waals surface area contributed by atoms with Gasteiger partial charge in [0.2, 0.25) is 5.95 Å². The molecule has 1 aromatic carbocycles. The van der Waals surface area contributed by atoms with E-state index in [0.717, 1.165) is 22.5 Å². The molecule has 2 N–H and O–H groups in total. The van der Waals surface area contributed by atoms with Crippen molar-refractivity contribution in [1.82, 2.24) is 14.5 Å². The standard InChI is InChI=1S/C22H22ClN5O/c1-4-19(29)11-16-6-5-7-17(10-16)12-24-21-20(23)13-25-22(27-21)26-18-8-9-28(14-18)15(2)3/h4-10,13-14H,1-2,11-12H2,3H3,(H2,24,25,26,27). The highest BCUT2D eigenvalue weighted by molar-refractivity contribution is 6.32. The zero-order valence-corrected chi connectivity index (χ0v) is 16.9. The first-order valence-electron chi connectivity index (χ1n) is 9.05. The van der Waals surface area contributed by atoms with Crippen LogP contribution < -0.4 is 10.6 Å². The second-order valence-electron chi connectivity index (χ2n) is 6.58. The molecule has 6 nitrogen and oxygen atoms in total. The lowest BCUT2D eigenvalue weighted by Crippen LogP contribution is -2.06. The molecule has 0 saturated heterocycles. The molecule has 0 bridgehead atoms. The third-order valence-electron chi connectivity index (χ3n) is 4.19. The van der Waals surface area contributed by atoms with Gasteiger partial charge in [0.1, 0.15) is 5.02 Å². The Morgan fingerprint density at radius 2 is 2.10 bits per heavy atom. The van der Waals surface area contributed by atoms with Crippen LogP contribution in [0.3, 0.4) is 0 Å². The van der Waals surface area contributed by atoms with E-state index in [1.54, 1.807) is 6.20 Å². The van der Waals surface area contributed by atoms with Crippen molar-refractivity contribution in [2.45, 2.75) is 19.9 Å². The van der Waals surface area contributed by atoms with Crippen molar-refractivity contribution in [3.63, 3.8) is 0 Å². The van der Waals surface area contributed by atoms with E-state index >= 15 is 0 Å². The lowest BCUT2D eigenvalue weighted by molar-refractivity contribution is -0.114. The van der Waals surface area contributed by atoms with Crippen molar-refractivity contribution in [3.8, 4) is 0 Å². The summed E-state index contributed by atoms with van der Waals surface area (Å²) in [7, 11) is 0. The Labute approximate surface area is 175 Å². The van der Waals surface area contributed by atoms with Crippen molar-refractivity contribution in [2.24, 2.45) is 0 Å². The van der Waals surface area contributed by atoms with Gasteiger partial charge in [-0.15, -0.1) is 0 Å². The molecule has 0 atom stereocenters. The SMILES string of the molecule is C=CC(=O)Cc1cccc(CNc2nc(Nc3ccn(C(=C)C)c3)ncc2Cl)c1. The van der Waals surface area contributed by atoms with E-state index in [9.17, 15) is 4.79 Å². The fourth-order valence-corrected chi connectivity index (χ4v) is 2.85. The smallest absolute Gasteiger partial charge is 0.229 e. The summed E-state index contributed by atoms with van der Waals surface area (Å²) in [6, 6.07) is 9.70. The summed E-state index contributed by atoms with van der Waals surface area (Å²) in [5.74, 6) is 0.947. The number of rotatable bonds is 9. The van der Waals surface area contributed by atoms with Crippen LogP contribution in [0.15, 0.2) is 68.2 Å². The first kappa shape index (κ1) is 20.4. The molecular weight excluding hydrogens is 386 g/mol. The topological polar surface area (TPSA) is 71.8 Å². The zero-order valence-electron chi connectivity index (χ0n) is 16.2. The molecule has 0 unspecified atom stereocenters. The van der Waals surface area contributed by atoms with Crippen molar-refractivity contribution >= 4 is 40.5 Å². The molecule has 148 valence electrons. The van der Waals surface area contributed by atoms with Gasteiger partial charge >= 0.3 is 0 Å². The number of hydrogen-bond donors (Lipinski definition) is 2. The zero-order chi connectivity index (χ0) is 20.8. The van der Waals surface area contributed by atoms with Gasteiger partial charge < -0.3 is 15.2 Å². The maximum Gasteiger partial charge on any atom is 0.229 e. The van der Waals surface area contributed by atoms with Crippen LogP contribution >= 0.6 is 11.6 Å². The minimum Gasteiger partial charge on any atom is -0.365 e. The molecule has 0 aliphatic heterocycles. The van der Waals surface area contributed by atoms with Crippen LogP contribution in [-0.2, 0) is 17.8 Å². The molecule has 7 heteroatoms. The Bertz CT molecular complexity index is 1060. The number of aromatic nitrogens is 3. The maximum atomic E-state index is 11.6. The Kier molecular flexibility index (Phi) is 6.46. The summed E-state index contributed by atoms with van der Waals surface area (Å²) in [5.41, 5.74) is 3.71. The normalized spacial score (nSPS) is 10.4. The predicted molar refractivity (Wildman–Crippen MR) is 118 cm³/mol. The number of halogens is 1. The number of nitrogens with zero attached hydrogens (tertiary/aromatic N) is 3. The molecule has 0 spiro atoms. The Hall–Kier alpha value is -3.38. The molecule has 2 heterocycles. The first-order valence-corrected chi connectivity index (χ1v) is 9.43. The number of nitrogens with one attached hydrogen (secondary N) is 2. The summed E-state index contributed by atoms with van der Waals surface area (Å²) in [4.78, 5) is 20.2. The molecule has 0 radical (unpaired) electrons. The van der Waals surface area contributed by atoms with Crippen molar-refractivity contribution < 1.29 is 4.79 Å². The third kappa shape index (κ3) is 5.56. The van der Waals surface area contributed by atoms with Crippen LogP contribution in [0.25, 0.3) is 5.70 Å². The highest BCUT2D eigenvalue weighted by Gasteiger charge is 2.08. The van der Waals surface area contributed by atoms with Gasteiger partial charge in [-0.2, -0.15) is 4.98 Å². The van der Waals surface area contributed by atoms with E-state index in [-0.39, 0.29) is 5.78 Å². The summed E-state index contributed by atoms with van der Waals surface area (Å²) >= 11 is 6.24. The van der Waals surface area contributed by atoms with E-state index in [2.05, 4.69) is 33.8 Å². The van der Waals surface area contributed by atoms with E-state index < -0.39 is 0 Å². The molecule has 0 fully saturated rings. The number of anilines is 3. The number of hydrogen-bond acceptors (Lipinski definition) is 5. The summed E-state index contributed by atoms with van der Waals surface area (Å²) in [5, 5.41) is 6.80. The lowest BCUT2D eigenvalue weighted by atomic mass is 10.1. The highest BCUT2D eigenvalue weighted by Crippen LogP contribution is 2.23. The van der Waals surface area contributed by atoms with Gasteiger partial charge in [0.05, 0.1) is 11.9 Å². The minimum absolute atomic E-state index is 0.00912. The quantitative estimate of drug-likeness (QED) is 0.484. The molecule has 29 heavy (non-hydrogen) atoms. The van der Waals surface area contributed by atoms with Crippen LogP contribution in [0.1, 0.15) is 18.1 Å². The highest BCUT2D eigenvalue weighted by atomic mass is 35.5. The second-order valence-corrected chi connectivity index (χ2v) is 6.99. The molecular formula is C22H22ClN5O. The lowest BCUT2D eigenvalue weighted by Gasteiger charge is -2.10. The van der Waals surface area contributed by atoms with Crippen LogP contribution in [0.2, 0.25) is 5.02 Å². The Morgan fingerprint density at radius 3 is 2.83 bits per heavy atom. The van der Waals surface area contributed by atoms with Gasteiger partial charge in [-0.05, 0) is 30.2 Å². The molecule has 3 aromatic rings. The first-order chi connectivity index (χ1) is 13.9. The van der Waals surface area contributed by atoms with Crippen LogP contribution in [-0.4, -0.2) is 20.3 Å². The van der Waals surface area contributed by atoms with E-state index in [1.807, 2.05) is 54.2 Å². The van der Waals surface area contributed by atoms with Crippen LogP contribution in [0, 0.1) is 0 Å². The van der Waals surface area contributed by atoms with Gasteiger partial charge in [0.25, 0.3) is 0 Å². The minimum atomic E-state index is -0.00912.